The van der Waals surface area contributed by atoms with Crippen LogP contribution in [0.5, 0.6) is 11.5 Å². The highest BCUT2D eigenvalue weighted by atomic mass is 16.6. The SMILES string of the molecule is CCCCOc1ccc([N+](=O)[O-])c(O)c1. The van der Waals surface area contributed by atoms with E-state index < -0.39 is 4.92 Å². The van der Waals surface area contributed by atoms with E-state index in [2.05, 4.69) is 0 Å². The summed E-state index contributed by atoms with van der Waals surface area (Å²) in [5, 5.41) is 19.7. The molecule has 0 radical (unpaired) electrons. The fourth-order valence-electron chi connectivity index (χ4n) is 1.08. The van der Waals surface area contributed by atoms with Crippen LogP contribution < -0.4 is 4.74 Å². The number of hydrogen-bond donors (Lipinski definition) is 1. The summed E-state index contributed by atoms with van der Waals surface area (Å²) >= 11 is 0. The van der Waals surface area contributed by atoms with Gasteiger partial charge < -0.3 is 9.84 Å². The molecule has 0 bridgehead atoms. The average Bonchev–Trinajstić information content (AvgIpc) is 2.17. The molecule has 0 heterocycles. The van der Waals surface area contributed by atoms with E-state index in [-0.39, 0.29) is 11.4 Å². The van der Waals surface area contributed by atoms with Gasteiger partial charge in [0, 0.05) is 12.1 Å². The Morgan fingerprint density at radius 3 is 2.80 bits per heavy atom. The molecule has 1 N–H and O–H groups in total. The normalized spacial score (nSPS) is 9.93. The van der Waals surface area contributed by atoms with Crippen molar-refractivity contribution in [3.63, 3.8) is 0 Å². The Morgan fingerprint density at radius 2 is 2.27 bits per heavy atom. The number of rotatable bonds is 5. The molecule has 0 fully saturated rings. The zero-order valence-electron chi connectivity index (χ0n) is 8.47. The van der Waals surface area contributed by atoms with Gasteiger partial charge in [-0.15, -0.1) is 0 Å². The number of nitrogens with zero attached hydrogens (tertiary/aromatic N) is 1. The maximum Gasteiger partial charge on any atom is 0.310 e. The van der Waals surface area contributed by atoms with Crippen LogP contribution in [-0.4, -0.2) is 16.6 Å². The summed E-state index contributed by atoms with van der Waals surface area (Å²) in [6.45, 7) is 2.59. The summed E-state index contributed by atoms with van der Waals surface area (Å²) in [5.74, 6) is 0.0838. The average molecular weight is 211 g/mol. The molecular weight excluding hydrogens is 198 g/mol. The Bertz CT molecular complexity index is 351. The molecule has 0 unspecified atom stereocenters. The highest BCUT2D eigenvalue weighted by Gasteiger charge is 2.13. The van der Waals surface area contributed by atoms with Crippen LogP contribution in [0, 0.1) is 10.1 Å². The van der Waals surface area contributed by atoms with Crippen LogP contribution in [0.15, 0.2) is 18.2 Å². The van der Waals surface area contributed by atoms with Gasteiger partial charge in [0.1, 0.15) is 5.75 Å². The topological polar surface area (TPSA) is 72.6 Å². The van der Waals surface area contributed by atoms with Crippen molar-refractivity contribution < 1.29 is 14.8 Å². The van der Waals surface area contributed by atoms with E-state index in [1.165, 1.54) is 18.2 Å². The van der Waals surface area contributed by atoms with Gasteiger partial charge in [-0.1, -0.05) is 13.3 Å². The first kappa shape index (κ1) is 11.3. The van der Waals surface area contributed by atoms with Crippen LogP contribution in [-0.2, 0) is 0 Å². The number of phenols is 1. The standard InChI is InChI=1S/C10H13NO4/c1-2-3-6-15-8-4-5-9(11(13)14)10(12)7-8/h4-5,7,12H,2-3,6H2,1H3. The molecule has 0 atom stereocenters. The number of phenolic OH excluding ortho intramolecular Hbond substituents is 1. The fourth-order valence-corrected chi connectivity index (χ4v) is 1.08. The third-order valence-electron chi connectivity index (χ3n) is 1.91. The van der Waals surface area contributed by atoms with Gasteiger partial charge in [-0.3, -0.25) is 10.1 Å². The molecule has 0 aliphatic heterocycles. The van der Waals surface area contributed by atoms with Crippen LogP contribution in [0.2, 0.25) is 0 Å². The quantitative estimate of drug-likeness (QED) is 0.461. The summed E-state index contributed by atoms with van der Waals surface area (Å²) in [7, 11) is 0. The van der Waals surface area contributed by atoms with Gasteiger partial charge in [-0.05, 0) is 12.5 Å². The lowest BCUT2D eigenvalue weighted by molar-refractivity contribution is -0.385. The van der Waals surface area contributed by atoms with E-state index in [0.717, 1.165) is 12.8 Å². The van der Waals surface area contributed by atoms with Crippen molar-refractivity contribution >= 4 is 5.69 Å². The van der Waals surface area contributed by atoms with Gasteiger partial charge in [0.15, 0.2) is 5.75 Å². The van der Waals surface area contributed by atoms with Gasteiger partial charge >= 0.3 is 5.69 Å². The van der Waals surface area contributed by atoms with Crippen LogP contribution in [0.4, 0.5) is 5.69 Å². The maximum absolute atomic E-state index is 10.4. The molecule has 0 saturated carbocycles. The van der Waals surface area contributed by atoms with Crippen molar-refractivity contribution in [1.82, 2.24) is 0 Å². The number of benzene rings is 1. The molecule has 0 amide bonds. The van der Waals surface area contributed by atoms with E-state index in [0.29, 0.717) is 12.4 Å². The summed E-state index contributed by atoms with van der Waals surface area (Å²) in [6, 6.07) is 3.97. The van der Waals surface area contributed by atoms with Crippen LogP contribution >= 0.6 is 0 Å². The van der Waals surface area contributed by atoms with E-state index in [9.17, 15) is 15.2 Å². The van der Waals surface area contributed by atoms with E-state index in [4.69, 9.17) is 4.74 Å². The number of nitro benzene ring substituents is 1. The predicted octanol–water partition coefficient (Wildman–Crippen LogP) is 2.48. The Balaban J connectivity index is 2.69. The molecule has 1 aromatic carbocycles. The molecule has 1 rings (SSSR count). The molecule has 5 nitrogen and oxygen atoms in total. The summed E-state index contributed by atoms with van der Waals surface area (Å²) in [4.78, 5) is 9.76. The first-order valence-corrected chi connectivity index (χ1v) is 4.75. The number of unbranched alkanes of at least 4 members (excludes halogenated alkanes) is 1. The fraction of sp³-hybridized carbons (Fsp3) is 0.400. The van der Waals surface area contributed by atoms with Crippen molar-refractivity contribution in [3.05, 3.63) is 28.3 Å². The van der Waals surface area contributed by atoms with Crippen molar-refractivity contribution in [1.29, 1.82) is 0 Å². The minimum absolute atomic E-state index is 0.308. The highest BCUT2D eigenvalue weighted by molar-refractivity contribution is 5.49. The number of aromatic hydroxyl groups is 1. The molecule has 0 saturated heterocycles. The van der Waals surface area contributed by atoms with E-state index in [1.807, 2.05) is 6.92 Å². The van der Waals surface area contributed by atoms with Crippen LogP contribution in [0.3, 0.4) is 0 Å². The smallest absolute Gasteiger partial charge is 0.310 e. The van der Waals surface area contributed by atoms with Gasteiger partial charge in [0.05, 0.1) is 11.5 Å². The largest absolute Gasteiger partial charge is 0.502 e. The molecule has 15 heavy (non-hydrogen) atoms. The van der Waals surface area contributed by atoms with E-state index in [1.54, 1.807) is 0 Å². The van der Waals surface area contributed by atoms with Gasteiger partial charge in [-0.2, -0.15) is 0 Å². The minimum Gasteiger partial charge on any atom is -0.502 e. The van der Waals surface area contributed by atoms with Gasteiger partial charge in [0.25, 0.3) is 0 Å². The monoisotopic (exact) mass is 211 g/mol. The summed E-state index contributed by atoms with van der Waals surface area (Å²) < 4.78 is 5.28. The Hall–Kier alpha value is -1.78. The number of nitro groups is 1. The lowest BCUT2D eigenvalue weighted by Crippen LogP contribution is -1.96. The predicted molar refractivity (Wildman–Crippen MR) is 55.2 cm³/mol. The third kappa shape index (κ3) is 3.12. The lowest BCUT2D eigenvalue weighted by atomic mass is 10.3. The van der Waals surface area contributed by atoms with Crippen molar-refractivity contribution in [3.8, 4) is 11.5 Å². The lowest BCUT2D eigenvalue weighted by Gasteiger charge is -2.05. The minimum atomic E-state index is -0.634. The molecule has 5 heteroatoms. The molecule has 0 aliphatic carbocycles. The molecule has 1 aromatic rings. The Kier molecular flexibility index (Phi) is 3.91. The summed E-state index contributed by atoms with van der Waals surface area (Å²) in [5.41, 5.74) is -0.308. The van der Waals surface area contributed by atoms with Gasteiger partial charge in [-0.25, -0.2) is 0 Å². The van der Waals surface area contributed by atoms with Gasteiger partial charge in [0.2, 0.25) is 0 Å². The van der Waals surface area contributed by atoms with Crippen LogP contribution in [0.25, 0.3) is 0 Å². The zero-order valence-corrected chi connectivity index (χ0v) is 8.47. The second-order valence-corrected chi connectivity index (χ2v) is 3.11. The second-order valence-electron chi connectivity index (χ2n) is 3.11. The highest BCUT2D eigenvalue weighted by Crippen LogP contribution is 2.29. The second kappa shape index (κ2) is 5.19. The molecular formula is C10H13NO4. The first-order chi connectivity index (χ1) is 7.15. The Morgan fingerprint density at radius 1 is 1.53 bits per heavy atom. The molecule has 0 spiro atoms. The van der Waals surface area contributed by atoms with Crippen molar-refractivity contribution in [2.24, 2.45) is 0 Å². The molecule has 0 aromatic heterocycles. The zero-order chi connectivity index (χ0) is 11.3. The first-order valence-electron chi connectivity index (χ1n) is 4.75. The number of ether oxygens (including phenoxy) is 1. The third-order valence-corrected chi connectivity index (χ3v) is 1.91. The Labute approximate surface area is 87.5 Å². The molecule has 82 valence electrons. The van der Waals surface area contributed by atoms with Crippen molar-refractivity contribution in [2.75, 3.05) is 6.61 Å². The van der Waals surface area contributed by atoms with E-state index >= 15 is 0 Å². The summed E-state index contributed by atoms with van der Waals surface area (Å²) in [6.07, 6.45) is 1.93. The maximum atomic E-state index is 10.4. The van der Waals surface area contributed by atoms with Crippen molar-refractivity contribution in [2.45, 2.75) is 19.8 Å². The number of hydrogen-bond acceptors (Lipinski definition) is 4. The molecule has 0 aliphatic rings. The van der Waals surface area contributed by atoms with Crippen LogP contribution in [0.1, 0.15) is 19.8 Å².